The number of carbonyl (C=O) groups is 1. The monoisotopic (exact) mass is 500 g/mol. The highest BCUT2D eigenvalue weighted by Gasteiger charge is 2.32. The van der Waals surface area contributed by atoms with Gasteiger partial charge in [0.2, 0.25) is 5.91 Å². The fourth-order valence-electron chi connectivity index (χ4n) is 5.38. The van der Waals surface area contributed by atoms with E-state index in [1.165, 1.54) is 5.56 Å². The second kappa shape index (κ2) is 9.95. The van der Waals surface area contributed by atoms with Crippen LogP contribution in [-0.2, 0) is 17.9 Å². The highest BCUT2D eigenvalue weighted by atomic mass is 16.3. The first kappa shape index (κ1) is 23.6. The van der Waals surface area contributed by atoms with Crippen molar-refractivity contribution in [3.63, 3.8) is 0 Å². The van der Waals surface area contributed by atoms with Crippen LogP contribution in [0.1, 0.15) is 24.8 Å². The Morgan fingerprint density at radius 2 is 1.95 bits per heavy atom. The number of benzene rings is 1. The fraction of sp³-hybridized carbons (Fsp3) is 0.407. The molecule has 0 radical (unpaired) electrons. The molecule has 192 valence electrons. The molecule has 3 N–H and O–H groups in total. The first-order valence-electron chi connectivity index (χ1n) is 12.9. The summed E-state index contributed by atoms with van der Waals surface area (Å²) in [5, 5.41) is 16.1. The van der Waals surface area contributed by atoms with Gasteiger partial charge in [-0.15, -0.1) is 0 Å². The molecular weight excluding hydrogens is 468 g/mol. The van der Waals surface area contributed by atoms with Crippen molar-refractivity contribution in [1.29, 1.82) is 0 Å². The molecule has 2 fully saturated rings. The third-order valence-electron chi connectivity index (χ3n) is 7.47. The van der Waals surface area contributed by atoms with Crippen molar-refractivity contribution in [2.75, 3.05) is 24.5 Å². The number of hydrogen-bond donors (Lipinski definition) is 2. The number of anilines is 1. The van der Waals surface area contributed by atoms with Gasteiger partial charge in [0.15, 0.2) is 0 Å². The summed E-state index contributed by atoms with van der Waals surface area (Å²) in [7, 11) is 0. The summed E-state index contributed by atoms with van der Waals surface area (Å²) >= 11 is 0. The number of primary amides is 1. The average Bonchev–Trinajstić information content (AvgIpc) is 3.41. The van der Waals surface area contributed by atoms with Crippen molar-refractivity contribution in [3.8, 4) is 5.69 Å². The smallest absolute Gasteiger partial charge is 0.231 e. The van der Waals surface area contributed by atoms with E-state index >= 15 is 0 Å². The zero-order chi connectivity index (χ0) is 25.4. The third kappa shape index (κ3) is 5.07. The van der Waals surface area contributed by atoms with E-state index in [0.29, 0.717) is 19.1 Å². The van der Waals surface area contributed by atoms with E-state index in [4.69, 9.17) is 10.7 Å². The van der Waals surface area contributed by atoms with Crippen molar-refractivity contribution in [3.05, 3.63) is 66.9 Å². The van der Waals surface area contributed by atoms with E-state index in [1.54, 1.807) is 12.5 Å². The van der Waals surface area contributed by atoms with E-state index < -0.39 is 6.10 Å². The van der Waals surface area contributed by atoms with Gasteiger partial charge in [-0.05, 0) is 55.6 Å². The summed E-state index contributed by atoms with van der Waals surface area (Å²) in [6.07, 6.45) is 10.0. The van der Waals surface area contributed by atoms with Gasteiger partial charge in [-0.2, -0.15) is 5.10 Å². The summed E-state index contributed by atoms with van der Waals surface area (Å²) in [4.78, 5) is 24.9. The molecule has 1 saturated carbocycles. The van der Waals surface area contributed by atoms with Gasteiger partial charge < -0.3 is 20.3 Å². The Labute approximate surface area is 215 Å². The molecule has 0 spiro atoms. The molecule has 4 aromatic rings. The number of piperidine rings is 1. The molecule has 0 bridgehead atoms. The Balaban J connectivity index is 1.20. The number of aliphatic hydroxyl groups excluding tert-OH is 1. The van der Waals surface area contributed by atoms with Crippen LogP contribution in [0.15, 0.2) is 61.3 Å². The number of rotatable bonds is 9. The van der Waals surface area contributed by atoms with Crippen LogP contribution < -0.4 is 10.6 Å². The molecule has 2 atom stereocenters. The minimum absolute atomic E-state index is 0.0889. The molecule has 1 amide bonds. The second-order valence-electron chi connectivity index (χ2n) is 10.2. The van der Waals surface area contributed by atoms with Gasteiger partial charge in [-0.25, -0.2) is 14.6 Å². The molecule has 0 unspecified atom stereocenters. The first-order chi connectivity index (χ1) is 18.0. The lowest BCUT2D eigenvalue weighted by molar-refractivity contribution is -0.120. The Hall–Kier alpha value is -3.76. The van der Waals surface area contributed by atoms with Crippen LogP contribution in [0.3, 0.4) is 0 Å². The van der Waals surface area contributed by atoms with Crippen LogP contribution >= 0.6 is 0 Å². The Bertz CT molecular complexity index is 1360. The maximum absolute atomic E-state index is 11.2. The number of likely N-dealkylation sites (tertiary alicyclic amines) is 1. The van der Waals surface area contributed by atoms with Crippen LogP contribution in [0.5, 0.6) is 0 Å². The van der Waals surface area contributed by atoms with Crippen molar-refractivity contribution < 1.29 is 9.90 Å². The summed E-state index contributed by atoms with van der Waals surface area (Å²) in [6.45, 7) is 2.85. The molecule has 2 aliphatic rings. The van der Waals surface area contributed by atoms with Crippen LogP contribution in [0.2, 0.25) is 0 Å². The average molecular weight is 501 g/mol. The van der Waals surface area contributed by atoms with E-state index in [-0.39, 0.29) is 18.4 Å². The van der Waals surface area contributed by atoms with Gasteiger partial charge in [0.1, 0.15) is 17.8 Å². The molecule has 37 heavy (non-hydrogen) atoms. The van der Waals surface area contributed by atoms with Crippen molar-refractivity contribution in [2.24, 2.45) is 11.7 Å². The largest absolute Gasteiger partial charge is 0.391 e. The van der Waals surface area contributed by atoms with E-state index in [2.05, 4.69) is 56.1 Å². The zero-order valence-corrected chi connectivity index (χ0v) is 20.7. The van der Waals surface area contributed by atoms with E-state index in [9.17, 15) is 9.90 Å². The summed E-state index contributed by atoms with van der Waals surface area (Å²) in [5.74, 6) is 0.686. The van der Waals surface area contributed by atoms with E-state index in [1.807, 2.05) is 21.8 Å². The summed E-state index contributed by atoms with van der Waals surface area (Å²) in [6, 6.07) is 13.0. The van der Waals surface area contributed by atoms with Crippen molar-refractivity contribution >= 4 is 22.8 Å². The number of amides is 1. The number of nitrogens with two attached hydrogens (primary N) is 1. The molecule has 6 rings (SSSR count). The molecule has 1 aliphatic carbocycles. The lowest BCUT2D eigenvalue weighted by atomic mass is 9.93. The lowest BCUT2D eigenvalue weighted by Crippen LogP contribution is -2.47. The molecule has 1 saturated heterocycles. The van der Waals surface area contributed by atoms with Gasteiger partial charge in [0, 0.05) is 50.2 Å². The van der Waals surface area contributed by atoms with Crippen molar-refractivity contribution in [2.45, 2.75) is 44.5 Å². The highest BCUT2D eigenvalue weighted by molar-refractivity contribution is 5.88. The molecule has 1 aliphatic heterocycles. The first-order valence-corrected chi connectivity index (χ1v) is 12.9. The Morgan fingerprint density at radius 3 is 2.65 bits per heavy atom. The minimum atomic E-state index is -0.514. The summed E-state index contributed by atoms with van der Waals surface area (Å²) in [5.41, 5.74) is 8.47. The third-order valence-corrected chi connectivity index (χ3v) is 7.47. The molecule has 10 nitrogen and oxygen atoms in total. The highest BCUT2D eigenvalue weighted by Crippen LogP contribution is 2.36. The number of aromatic nitrogens is 5. The van der Waals surface area contributed by atoms with Gasteiger partial charge in [-0.1, -0.05) is 12.1 Å². The van der Waals surface area contributed by atoms with Gasteiger partial charge in [0.05, 0.1) is 23.7 Å². The Morgan fingerprint density at radius 1 is 1.11 bits per heavy atom. The second-order valence-corrected chi connectivity index (χ2v) is 10.2. The Kier molecular flexibility index (Phi) is 6.35. The number of fused-ring (bicyclic) bond motifs is 1. The lowest BCUT2D eigenvalue weighted by Gasteiger charge is -2.35. The summed E-state index contributed by atoms with van der Waals surface area (Å²) < 4.78 is 3.99. The topological polar surface area (TPSA) is 118 Å². The SMILES string of the molecule is NC(=O)CN1CC[C@H](Cn2ccc3c(N(Cc4ccc(-n5cccn5)cc4)C4CC4)ncnc32)[C@@H](O)C1. The van der Waals surface area contributed by atoms with Crippen molar-refractivity contribution in [1.82, 2.24) is 29.2 Å². The van der Waals surface area contributed by atoms with Crippen LogP contribution in [0.25, 0.3) is 16.7 Å². The van der Waals surface area contributed by atoms with Crippen LogP contribution in [0, 0.1) is 5.92 Å². The normalized spacial score (nSPS) is 20.4. The van der Waals surface area contributed by atoms with Crippen LogP contribution in [0.4, 0.5) is 5.82 Å². The van der Waals surface area contributed by atoms with Gasteiger partial charge in [0.25, 0.3) is 0 Å². The van der Waals surface area contributed by atoms with Crippen LogP contribution in [-0.4, -0.2) is 72.0 Å². The number of aliphatic hydroxyl groups is 1. The predicted octanol–water partition coefficient (Wildman–Crippen LogP) is 1.95. The predicted molar refractivity (Wildman–Crippen MR) is 140 cm³/mol. The number of hydrogen-bond acceptors (Lipinski definition) is 7. The molecule has 3 aromatic heterocycles. The maximum Gasteiger partial charge on any atom is 0.231 e. The standard InChI is InChI=1S/C27H32N8O2/c28-25(37)17-32-12-8-20(24(36)16-32)15-33-13-9-23-26(33)29-18-30-27(23)34(21-6-7-21)14-19-2-4-22(5-3-19)35-11-1-10-31-35/h1-5,9-11,13,18,20-21,24,36H,6-8,12,14-17H2,(H2,28,37)/t20-,24+/m1/s1. The van der Waals surface area contributed by atoms with Gasteiger partial charge >= 0.3 is 0 Å². The minimum Gasteiger partial charge on any atom is -0.391 e. The molecular formula is C27H32N8O2. The fourth-order valence-corrected chi connectivity index (χ4v) is 5.38. The number of carbonyl (C=O) groups excluding carboxylic acids is 1. The maximum atomic E-state index is 11.2. The molecule has 10 heteroatoms. The molecule has 1 aromatic carbocycles. The van der Waals surface area contributed by atoms with Gasteiger partial charge in [-0.3, -0.25) is 9.69 Å². The number of β-amino-alcohol motifs (C(OH)–C–C–N with tert-alkyl or cyclic N) is 1. The van der Waals surface area contributed by atoms with E-state index in [0.717, 1.165) is 54.9 Å². The molecule has 4 heterocycles. The number of nitrogens with zero attached hydrogens (tertiary/aromatic N) is 7. The zero-order valence-electron chi connectivity index (χ0n) is 20.7. The quantitative estimate of drug-likeness (QED) is 0.361.